The highest BCUT2D eigenvalue weighted by molar-refractivity contribution is 5.86. The van der Waals surface area contributed by atoms with Crippen molar-refractivity contribution in [2.75, 3.05) is 6.54 Å². The maximum Gasteiger partial charge on any atom is 0.334 e. The molecular formula is C37H57N3O3. The first kappa shape index (κ1) is 34.7. The molecule has 1 saturated heterocycles. The molecule has 0 spiro atoms. The second-order valence-electron chi connectivity index (χ2n) is 12.4. The first-order valence-electron chi connectivity index (χ1n) is 17.5. The number of unbranched alkanes of at least 4 members (excludes halogenated alkanes) is 14. The zero-order valence-corrected chi connectivity index (χ0v) is 27.2. The minimum absolute atomic E-state index is 0.0896. The molecule has 3 rings (SSSR count). The topological polar surface area (TPSA) is 72.4 Å². The van der Waals surface area contributed by atoms with Crippen LogP contribution >= 0.6 is 0 Å². The Kier molecular flexibility index (Phi) is 17.0. The van der Waals surface area contributed by atoms with E-state index in [0.29, 0.717) is 25.1 Å². The molecule has 0 saturated carbocycles. The van der Waals surface area contributed by atoms with Crippen molar-refractivity contribution in [3.63, 3.8) is 0 Å². The Labute approximate surface area is 261 Å². The van der Waals surface area contributed by atoms with Crippen molar-refractivity contribution in [3.05, 3.63) is 42.5 Å². The Bertz CT molecular complexity index is 1040. The molecule has 1 fully saturated rings. The highest BCUT2D eigenvalue weighted by atomic mass is 16.5. The van der Waals surface area contributed by atoms with E-state index < -0.39 is 6.04 Å². The van der Waals surface area contributed by atoms with Gasteiger partial charge in [-0.15, -0.1) is 0 Å². The van der Waals surface area contributed by atoms with Crippen LogP contribution in [0.25, 0.3) is 11.1 Å². The number of aromatic nitrogens is 2. The number of benzene rings is 1. The monoisotopic (exact) mass is 591 g/mol. The zero-order chi connectivity index (χ0) is 30.5. The molecule has 1 aliphatic rings. The Morgan fingerprint density at radius 1 is 0.721 bits per heavy atom. The second kappa shape index (κ2) is 21.0. The second-order valence-corrected chi connectivity index (χ2v) is 12.4. The molecule has 43 heavy (non-hydrogen) atoms. The summed E-state index contributed by atoms with van der Waals surface area (Å²) in [5.74, 6) is 1.16. The summed E-state index contributed by atoms with van der Waals surface area (Å²) in [6, 6.07) is 7.02. The number of hydrogen-bond donors (Lipinski definition) is 0. The lowest BCUT2D eigenvalue weighted by Crippen LogP contribution is -2.49. The fraction of sp³-hybridized carbons (Fsp3) is 0.676. The third-order valence-electron chi connectivity index (χ3n) is 8.70. The molecule has 1 aromatic heterocycles. The molecule has 1 unspecified atom stereocenters. The number of hydrogen-bond acceptors (Lipinski definition) is 5. The van der Waals surface area contributed by atoms with Crippen LogP contribution in [0, 0.1) is 0 Å². The maximum atomic E-state index is 13.1. The summed E-state index contributed by atoms with van der Waals surface area (Å²) in [6.07, 6.45) is 27.8. The SMILES string of the molecule is CCCCCCCCCCCc1ncc(-c2ccc(OC(=O)C3CCCCN3C(=O)CCCCCCCCC)cc2)cn1. The predicted octanol–water partition coefficient (Wildman–Crippen LogP) is 9.64. The van der Waals surface area contributed by atoms with Gasteiger partial charge in [0.2, 0.25) is 5.91 Å². The normalized spacial score (nSPS) is 15.0. The standard InChI is InChI=1S/C37H57N3O3/c1-3-5-7-9-11-12-14-15-17-22-35-38-29-32(30-39-35)31-24-26-33(27-25-31)43-37(42)34-21-19-20-28-40(34)36(41)23-18-16-13-10-8-6-4-2/h24-27,29-30,34H,3-23,28H2,1-2H3. The van der Waals surface area contributed by atoms with Crippen LogP contribution in [0.2, 0.25) is 0 Å². The van der Waals surface area contributed by atoms with Gasteiger partial charge in [-0.05, 0) is 49.8 Å². The van der Waals surface area contributed by atoms with E-state index in [4.69, 9.17) is 4.74 Å². The van der Waals surface area contributed by atoms with Crippen LogP contribution in [0.5, 0.6) is 5.75 Å². The molecule has 6 heteroatoms. The lowest BCUT2D eigenvalue weighted by Gasteiger charge is -2.34. The quantitative estimate of drug-likeness (QED) is 0.0821. The van der Waals surface area contributed by atoms with Crippen LogP contribution in [0.4, 0.5) is 0 Å². The summed E-state index contributed by atoms with van der Waals surface area (Å²) in [6.45, 7) is 5.13. The minimum atomic E-state index is -0.489. The van der Waals surface area contributed by atoms with Gasteiger partial charge in [0.05, 0.1) is 0 Å². The molecule has 1 amide bonds. The number of carbonyl (C=O) groups excluding carboxylic acids is 2. The van der Waals surface area contributed by atoms with E-state index >= 15 is 0 Å². The Balaban J connectivity index is 1.40. The van der Waals surface area contributed by atoms with Gasteiger partial charge >= 0.3 is 5.97 Å². The molecule has 1 atom stereocenters. The largest absolute Gasteiger partial charge is 0.425 e. The summed E-state index contributed by atoms with van der Waals surface area (Å²) >= 11 is 0. The molecule has 238 valence electrons. The first-order valence-corrected chi connectivity index (χ1v) is 17.5. The maximum absolute atomic E-state index is 13.1. The molecule has 2 aromatic rings. The third-order valence-corrected chi connectivity index (χ3v) is 8.70. The Morgan fingerprint density at radius 2 is 1.28 bits per heavy atom. The predicted molar refractivity (Wildman–Crippen MR) is 176 cm³/mol. The Morgan fingerprint density at radius 3 is 1.88 bits per heavy atom. The van der Waals surface area contributed by atoms with Crippen LogP contribution in [-0.4, -0.2) is 39.3 Å². The van der Waals surface area contributed by atoms with Crippen molar-refractivity contribution >= 4 is 11.9 Å². The molecular weight excluding hydrogens is 534 g/mol. The number of likely N-dealkylation sites (tertiary alicyclic amines) is 1. The summed E-state index contributed by atoms with van der Waals surface area (Å²) in [5, 5.41) is 0. The first-order chi connectivity index (χ1) is 21.1. The summed E-state index contributed by atoms with van der Waals surface area (Å²) < 4.78 is 5.76. The summed E-state index contributed by atoms with van der Waals surface area (Å²) in [7, 11) is 0. The fourth-order valence-electron chi connectivity index (χ4n) is 5.98. The van der Waals surface area contributed by atoms with E-state index in [2.05, 4.69) is 23.8 Å². The number of aryl methyl sites for hydroxylation is 1. The Hall–Kier alpha value is -2.76. The summed E-state index contributed by atoms with van der Waals surface area (Å²) in [4.78, 5) is 37.0. The highest BCUT2D eigenvalue weighted by Crippen LogP contribution is 2.25. The van der Waals surface area contributed by atoms with Gasteiger partial charge in [0.1, 0.15) is 17.6 Å². The van der Waals surface area contributed by atoms with Crippen molar-refractivity contribution in [1.82, 2.24) is 14.9 Å². The molecule has 0 bridgehead atoms. The third kappa shape index (κ3) is 13.2. The van der Waals surface area contributed by atoms with Gasteiger partial charge in [0.15, 0.2) is 0 Å². The van der Waals surface area contributed by atoms with Crippen molar-refractivity contribution in [2.24, 2.45) is 0 Å². The molecule has 1 aromatic carbocycles. The molecule has 0 aliphatic carbocycles. The van der Waals surface area contributed by atoms with E-state index in [0.717, 1.165) is 55.5 Å². The smallest absolute Gasteiger partial charge is 0.334 e. The molecule has 1 aliphatic heterocycles. The van der Waals surface area contributed by atoms with Crippen molar-refractivity contribution in [3.8, 4) is 16.9 Å². The highest BCUT2D eigenvalue weighted by Gasteiger charge is 2.33. The van der Waals surface area contributed by atoms with E-state index in [1.165, 1.54) is 83.5 Å². The van der Waals surface area contributed by atoms with Gasteiger partial charge in [-0.2, -0.15) is 0 Å². The average Bonchev–Trinajstić information content (AvgIpc) is 3.04. The molecule has 6 nitrogen and oxygen atoms in total. The van der Waals surface area contributed by atoms with Crippen LogP contribution in [-0.2, 0) is 16.0 Å². The van der Waals surface area contributed by atoms with Crippen LogP contribution in [0.1, 0.15) is 148 Å². The van der Waals surface area contributed by atoms with Gasteiger partial charge in [-0.1, -0.05) is 116 Å². The van der Waals surface area contributed by atoms with E-state index in [9.17, 15) is 9.59 Å². The number of nitrogens with zero attached hydrogens (tertiary/aromatic N) is 3. The minimum Gasteiger partial charge on any atom is -0.425 e. The number of carbonyl (C=O) groups is 2. The summed E-state index contributed by atoms with van der Waals surface area (Å²) in [5.41, 5.74) is 1.93. The van der Waals surface area contributed by atoms with Crippen LogP contribution < -0.4 is 4.74 Å². The van der Waals surface area contributed by atoms with Crippen molar-refractivity contribution in [1.29, 1.82) is 0 Å². The van der Waals surface area contributed by atoms with Gasteiger partial charge in [0, 0.05) is 37.3 Å². The van der Waals surface area contributed by atoms with Gasteiger partial charge in [-0.3, -0.25) is 4.79 Å². The molecule has 0 N–H and O–H groups in total. The number of piperidine rings is 1. The van der Waals surface area contributed by atoms with E-state index in [1.807, 2.05) is 36.7 Å². The zero-order valence-electron chi connectivity index (χ0n) is 27.2. The van der Waals surface area contributed by atoms with Gasteiger partial charge < -0.3 is 9.64 Å². The molecule has 2 heterocycles. The number of ether oxygens (including phenoxy) is 1. The molecule has 0 radical (unpaired) electrons. The lowest BCUT2D eigenvalue weighted by molar-refractivity contribution is -0.150. The fourth-order valence-corrected chi connectivity index (χ4v) is 5.98. The van der Waals surface area contributed by atoms with Gasteiger partial charge in [-0.25, -0.2) is 14.8 Å². The average molecular weight is 592 g/mol. The van der Waals surface area contributed by atoms with Crippen molar-refractivity contribution < 1.29 is 14.3 Å². The van der Waals surface area contributed by atoms with E-state index in [1.54, 1.807) is 4.90 Å². The number of esters is 1. The number of amides is 1. The lowest BCUT2D eigenvalue weighted by atomic mass is 10.0. The van der Waals surface area contributed by atoms with Crippen LogP contribution in [0.15, 0.2) is 36.7 Å². The van der Waals surface area contributed by atoms with Crippen LogP contribution in [0.3, 0.4) is 0 Å². The van der Waals surface area contributed by atoms with Crippen molar-refractivity contribution in [2.45, 2.75) is 155 Å². The number of rotatable bonds is 21. The van der Waals surface area contributed by atoms with Gasteiger partial charge in [0.25, 0.3) is 0 Å². The van der Waals surface area contributed by atoms with E-state index in [-0.39, 0.29) is 11.9 Å².